The molecule has 0 saturated carbocycles. The highest BCUT2D eigenvalue weighted by Crippen LogP contribution is 2.21. The summed E-state index contributed by atoms with van der Waals surface area (Å²) in [4.78, 5) is 11.0. The summed E-state index contributed by atoms with van der Waals surface area (Å²) in [5.41, 5.74) is 0.905. The second-order valence-electron chi connectivity index (χ2n) is 4.34. The van der Waals surface area contributed by atoms with Crippen molar-refractivity contribution in [2.75, 3.05) is 33.7 Å². The van der Waals surface area contributed by atoms with E-state index in [0.717, 1.165) is 5.57 Å². The van der Waals surface area contributed by atoms with Crippen LogP contribution in [0.25, 0.3) is 0 Å². The van der Waals surface area contributed by atoms with Gasteiger partial charge in [-0.3, -0.25) is 4.79 Å². The summed E-state index contributed by atoms with van der Waals surface area (Å²) in [6, 6.07) is 0. The molecule has 19 heavy (non-hydrogen) atoms. The minimum Gasteiger partial charge on any atom is -0.495 e. The van der Waals surface area contributed by atoms with Crippen molar-refractivity contribution in [3.63, 3.8) is 0 Å². The lowest BCUT2D eigenvalue weighted by Gasteiger charge is -2.28. The average Bonchev–Trinajstić information content (AvgIpc) is 2.37. The Morgan fingerprint density at radius 3 is 2.89 bits per heavy atom. The van der Waals surface area contributed by atoms with Crippen LogP contribution in [0.4, 0.5) is 0 Å². The Morgan fingerprint density at radius 1 is 1.42 bits per heavy atom. The number of carbonyl (C=O) groups is 1. The third-order valence-corrected chi connectivity index (χ3v) is 2.64. The van der Waals surface area contributed by atoms with E-state index in [-0.39, 0.29) is 25.0 Å². The molecule has 1 aliphatic heterocycles. The normalized spacial score (nSPS) is 22.6. The number of hydrogen-bond acceptors (Lipinski definition) is 6. The van der Waals surface area contributed by atoms with Crippen LogP contribution in [0.1, 0.15) is 20.3 Å². The van der Waals surface area contributed by atoms with Gasteiger partial charge in [-0.25, -0.2) is 0 Å². The van der Waals surface area contributed by atoms with Crippen molar-refractivity contribution in [1.29, 1.82) is 0 Å². The van der Waals surface area contributed by atoms with Gasteiger partial charge in [-0.2, -0.15) is 0 Å². The van der Waals surface area contributed by atoms with E-state index in [2.05, 4.69) is 0 Å². The zero-order valence-corrected chi connectivity index (χ0v) is 11.7. The fraction of sp³-hybridized carbons (Fsp3) is 0.769. The van der Waals surface area contributed by atoms with Crippen molar-refractivity contribution < 1.29 is 28.5 Å². The second-order valence-corrected chi connectivity index (χ2v) is 4.34. The van der Waals surface area contributed by atoms with E-state index in [1.165, 1.54) is 6.92 Å². The molecule has 0 spiro atoms. The van der Waals surface area contributed by atoms with Crippen molar-refractivity contribution in [1.82, 2.24) is 0 Å². The summed E-state index contributed by atoms with van der Waals surface area (Å²) >= 11 is 0. The number of ether oxygens (including phenoxy) is 5. The fourth-order valence-corrected chi connectivity index (χ4v) is 1.65. The standard InChI is InChI=1S/C13H22O6/c1-10-7-18-12(6-13(10)19-11(2)14)8-17-9-16-5-4-15-3/h7,12-13H,4-6,8-9H2,1-3H3/t12-,13-/m0/s1. The van der Waals surface area contributed by atoms with E-state index in [4.69, 9.17) is 23.7 Å². The maximum atomic E-state index is 11.0. The maximum absolute atomic E-state index is 11.0. The highest BCUT2D eigenvalue weighted by atomic mass is 16.7. The minimum absolute atomic E-state index is 0.126. The third-order valence-electron chi connectivity index (χ3n) is 2.64. The highest BCUT2D eigenvalue weighted by molar-refractivity contribution is 5.66. The molecule has 2 atom stereocenters. The topological polar surface area (TPSA) is 63.2 Å². The first kappa shape index (κ1) is 15.9. The molecule has 110 valence electrons. The summed E-state index contributed by atoms with van der Waals surface area (Å²) in [5.74, 6) is -0.290. The van der Waals surface area contributed by atoms with Gasteiger partial charge >= 0.3 is 5.97 Å². The fourth-order valence-electron chi connectivity index (χ4n) is 1.65. The van der Waals surface area contributed by atoms with Crippen LogP contribution in [0.5, 0.6) is 0 Å². The van der Waals surface area contributed by atoms with Crippen LogP contribution in [0, 0.1) is 0 Å². The van der Waals surface area contributed by atoms with Gasteiger partial charge < -0.3 is 23.7 Å². The van der Waals surface area contributed by atoms with Gasteiger partial charge in [-0.15, -0.1) is 0 Å². The molecule has 0 aromatic heterocycles. The molecule has 0 bridgehead atoms. The predicted molar refractivity (Wildman–Crippen MR) is 67.4 cm³/mol. The van der Waals surface area contributed by atoms with Crippen molar-refractivity contribution in [2.45, 2.75) is 32.5 Å². The van der Waals surface area contributed by atoms with Crippen LogP contribution >= 0.6 is 0 Å². The van der Waals surface area contributed by atoms with Gasteiger partial charge in [-0.05, 0) is 6.92 Å². The number of carbonyl (C=O) groups excluding carboxylic acids is 1. The number of rotatable bonds is 8. The van der Waals surface area contributed by atoms with Crippen LogP contribution in [0.2, 0.25) is 0 Å². The minimum atomic E-state index is -0.290. The molecule has 0 fully saturated rings. The van der Waals surface area contributed by atoms with Crippen LogP contribution in [-0.2, 0) is 28.5 Å². The lowest BCUT2D eigenvalue weighted by atomic mass is 10.0. The summed E-state index contributed by atoms with van der Waals surface area (Å²) in [6.45, 7) is 4.91. The van der Waals surface area contributed by atoms with E-state index in [0.29, 0.717) is 26.2 Å². The molecule has 0 aromatic rings. The molecule has 0 radical (unpaired) electrons. The largest absolute Gasteiger partial charge is 0.495 e. The Morgan fingerprint density at radius 2 is 2.21 bits per heavy atom. The molecular weight excluding hydrogens is 252 g/mol. The molecule has 0 unspecified atom stereocenters. The molecule has 0 N–H and O–H groups in total. The summed E-state index contributed by atoms with van der Waals surface area (Å²) in [5, 5.41) is 0. The van der Waals surface area contributed by atoms with Gasteiger partial charge in [0.25, 0.3) is 0 Å². The van der Waals surface area contributed by atoms with Crippen molar-refractivity contribution >= 4 is 5.97 Å². The molecule has 0 saturated heterocycles. The Hall–Kier alpha value is -1.11. The molecular formula is C13H22O6. The Kier molecular flexibility index (Phi) is 7.47. The Balaban J connectivity index is 2.19. The van der Waals surface area contributed by atoms with Crippen LogP contribution in [0.3, 0.4) is 0 Å². The molecule has 0 aliphatic carbocycles. The first-order chi connectivity index (χ1) is 9.13. The van der Waals surface area contributed by atoms with Crippen LogP contribution in [0.15, 0.2) is 11.8 Å². The molecule has 0 amide bonds. The number of esters is 1. The molecule has 0 aromatic carbocycles. The van der Waals surface area contributed by atoms with Gasteiger partial charge in [0, 0.05) is 26.0 Å². The van der Waals surface area contributed by atoms with Gasteiger partial charge in [0.05, 0.1) is 26.1 Å². The summed E-state index contributed by atoms with van der Waals surface area (Å²) < 4.78 is 26.0. The van der Waals surface area contributed by atoms with E-state index in [1.54, 1.807) is 13.4 Å². The van der Waals surface area contributed by atoms with Gasteiger partial charge in [0.1, 0.15) is 19.0 Å². The van der Waals surface area contributed by atoms with Crippen LogP contribution in [-0.4, -0.2) is 51.9 Å². The zero-order chi connectivity index (χ0) is 14.1. The summed E-state index contributed by atoms with van der Waals surface area (Å²) in [6.07, 6.45) is 1.87. The first-order valence-corrected chi connectivity index (χ1v) is 6.27. The van der Waals surface area contributed by atoms with Gasteiger partial charge in [0.2, 0.25) is 0 Å². The van der Waals surface area contributed by atoms with E-state index in [1.807, 2.05) is 6.92 Å². The Labute approximate surface area is 113 Å². The highest BCUT2D eigenvalue weighted by Gasteiger charge is 2.25. The predicted octanol–water partition coefficient (Wildman–Crippen LogP) is 1.25. The van der Waals surface area contributed by atoms with Crippen molar-refractivity contribution in [3.8, 4) is 0 Å². The number of hydrogen-bond donors (Lipinski definition) is 0. The maximum Gasteiger partial charge on any atom is 0.303 e. The van der Waals surface area contributed by atoms with Gasteiger partial charge in [0.15, 0.2) is 0 Å². The van der Waals surface area contributed by atoms with Crippen LogP contribution < -0.4 is 0 Å². The lowest BCUT2D eigenvalue weighted by Crippen LogP contribution is -2.32. The molecule has 6 heteroatoms. The molecule has 6 nitrogen and oxygen atoms in total. The second kappa shape index (κ2) is 8.90. The quantitative estimate of drug-likeness (QED) is 0.377. The van der Waals surface area contributed by atoms with Crippen molar-refractivity contribution in [2.24, 2.45) is 0 Å². The van der Waals surface area contributed by atoms with Crippen molar-refractivity contribution in [3.05, 3.63) is 11.8 Å². The molecule has 1 rings (SSSR count). The first-order valence-electron chi connectivity index (χ1n) is 6.27. The monoisotopic (exact) mass is 274 g/mol. The third kappa shape index (κ3) is 6.56. The van der Waals surface area contributed by atoms with E-state index in [9.17, 15) is 4.79 Å². The van der Waals surface area contributed by atoms with E-state index < -0.39 is 0 Å². The smallest absolute Gasteiger partial charge is 0.303 e. The molecule has 1 heterocycles. The Bertz CT molecular complexity index is 302. The zero-order valence-electron chi connectivity index (χ0n) is 11.7. The number of methoxy groups -OCH3 is 1. The van der Waals surface area contributed by atoms with Gasteiger partial charge in [-0.1, -0.05) is 0 Å². The van der Waals surface area contributed by atoms with E-state index >= 15 is 0 Å². The SMILES string of the molecule is COCCOCOC[C@@H]1C[C@H](OC(C)=O)C(C)=CO1. The lowest BCUT2D eigenvalue weighted by molar-refractivity contribution is -0.148. The average molecular weight is 274 g/mol. The summed E-state index contributed by atoms with van der Waals surface area (Å²) in [7, 11) is 1.61. The molecule has 1 aliphatic rings.